The lowest BCUT2D eigenvalue weighted by Gasteiger charge is -2.21. The van der Waals surface area contributed by atoms with Gasteiger partial charge in [0, 0.05) is 16.6 Å². The first-order valence-electron chi connectivity index (χ1n) is 5.19. The summed E-state index contributed by atoms with van der Waals surface area (Å²) >= 11 is 5.89. The molecule has 0 bridgehead atoms. The van der Waals surface area contributed by atoms with Gasteiger partial charge in [-0.1, -0.05) is 37.9 Å². The molecule has 2 nitrogen and oxygen atoms in total. The molecule has 84 valence electrons. The Balaban J connectivity index is 3.02. The molecule has 0 fully saturated rings. The normalized spacial score (nSPS) is 14.7. The van der Waals surface area contributed by atoms with E-state index in [-0.39, 0.29) is 6.04 Å². The van der Waals surface area contributed by atoms with Crippen LogP contribution in [-0.4, -0.2) is 7.11 Å². The first-order valence-corrected chi connectivity index (χ1v) is 5.57. The maximum absolute atomic E-state index is 6.15. The highest BCUT2D eigenvalue weighted by atomic mass is 35.5. The molecule has 2 atom stereocenters. The highest BCUT2D eigenvalue weighted by Crippen LogP contribution is 2.31. The van der Waals surface area contributed by atoms with E-state index in [0.29, 0.717) is 10.9 Å². The second-order valence-electron chi connectivity index (χ2n) is 3.80. The summed E-state index contributed by atoms with van der Waals surface area (Å²) in [6.45, 7) is 4.27. The molecule has 0 saturated carbocycles. The minimum atomic E-state index is 0.00205. The third-order valence-electron chi connectivity index (χ3n) is 2.81. The second-order valence-corrected chi connectivity index (χ2v) is 4.23. The number of halogens is 1. The first kappa shape index (κ1) is 12.3. The molecule has 3 heteroatoms. The number of nitrogens with two attached hydrogens (primary N) is 1. The predicted molar refractivity (Wildman–Crippen MR) is 64.4 cm³/mol. The zero-order valence-electron chi connectivity index (χ0n) is 9.46. The van der Waals surface area contributed by atoms with Crippen LogP contribution in [-0.2, 0) is 0 Å². The van der Waals surface area contributed by atoms with Crippen molar-refractivity contribution >= 4 is 11.6 Å². The van der Waals surface area contributed by atoms with Gasteiger partial charge >= 0.3 is 0 Å². The third-order valence-corrected chi connectivity index (χ3v) is 3.05. The van der Waals surface area contributed by atoms with Crippen LogP contribution in [0.4, 0.5) is 0 Å². The van der Waals surface area contributed by atoms with E-state index in [9.17, 15) is 0 Å². The van der Waals surface area contributed by atoms with E-state index >= 15 is 0 Å². The van der Waals surface area contributed by atoms with Crippen LogP contribution in [0.3, 0.4) is 0 Å². The fourth-order valence-corrected chi connectivity index (χ4v) is 1.68. The minimum Gasteiger partial charge on any atom is -0.496 e. The molecule has 2 unspecified atom stereocenters. The van der Waals surface area contributed by atoms with E-state index in [0.717, 1.165) is 17.7 Å². The number of benzene rings is 1. The van der Waals surface area contributed by atoms with Crippen LogP contribution in [0.2, 0.25) is 5.02 Å². The van der Waals surface area contributed by atoms with Gasteiger partial charge in [-0.3, -0.25) is 0 Å². The Morgan fingerprint density at radius 2 is 2.13 bits per heavy atom. The van der Waals surface area contributed by atoms with Gasteiger partial charge in [0.25, 0.3) is 0 Å². The molecule has 0 aliphatic heterocycles. The zero-order chi connectivity index (χ0) is 11.4. The van der Waals surface area contributed by atoms with Crippen LogP contribution < -0.4 is 10.5 Å². The number of rotatable bonds is 4. The molecular formula is C12H18ClNO. The maximum atomic E-state index is 6.15. The third kappa shape index (κ3) is 2.86. The molecule has 1 aromatic rings. The second kappa shape index (κ2) is 5.38. The number of ether oxygens (including phenoxy) is 1. The van der Waals surface area contributed by atoms with Crippen molar-refractivity contribution in [2.45, 2.75) is 26.3 Å². The fourth-order valence-electron chi connectivity index (χ4n) is 1.52. The van der Waals surface area contributed by atoms with Crippen LogP contribution in [0.15, 0.2) is 18.2 Å². The highest BCUT2D eigenvalue weighted by Gasteiger charge is 2.17. The van der Waals surface area contributed by atoms with Gasteiger partial charge in [0.1, 0.15) is 5.75 Å². The average Bonchev–Trinajstić information content (AvgIpc) is 2.26. The van der Waals surface area contributed by atoms with Crippen molar-refractivity contribution in [3.05, 3.63) is 28.8 Å². The van der Waals surface area contributed by atoms with Crippen LogP contribution in [0.5, 0.6) is 5.75 Å². The monoisotopic (exact) mass is 227 g/mol. The van der Waals surface area contributed by atoms with Crippen LogP contribution in [0, 0.1) is 5.92 Å². The number of hydrogen-bond donors (Lipinski definition) is 1. The SMILES string of the molecule is CCC(C)C(N)c1ccc(Cl)cc1OC. The molecule has 0 radical (unpaired) electrons. The molecule has 0 aliphatic carbocycles. The molecule has 2 N–H and O–H groups in total. The molecule has 0 heterocycles. The van der Waals surface area contributed by atoms with Gasteiger partial charge in [-0.05, 0) is 18.1 Å². The lowest BCUT2D eigenvalue weighted by molar-refractivity contribution is 0.388. The summed E-state index contributed by atoms with van der Waals surface area (Å²) < 4.78 is 5.28. The van der Waals surface area contributed by atoms with Gasteiger partial charge in [0.05, 0.1) is 7.11 Å². The van der Waals surface area contributed by atoms with Crippen molar-refractivity contribution in [3.63, 3.8) is 0 Å². The van der Waals surface area contributed by atoms with Gasteiger partial charge in [0.15, 0.2) is 0 Å². The standard InChI is InChI=1S/C12H18ClNO/c1-4-8(2)12(14)10-6-5-9(13)7-11(10)15-3/h5-8,12H,4,14H2,1-3H3. The van der Waals surface area contributed by atoms with Gasteiger partial charge in [-0.15, -0.1) is 0 Å². The van der Waals surface area contributed by atoms with Gasteiger partial charge in [0.2, 0.25) is 0 Å². The van der Waals surface area contributed by atoms with Crippen LogP contribution >= 0.6 is 11.6 Å². The van der Waals surface area contributed by atoms with Crippen LogP contribution in [0.25, 0.3) is 0 Å². The van der Waals surface area contributed by atoms with E-state index < -0.39 is 0 Å². The van der Waals surface area contributed by atoms with Crippen molar-refractivity contribution in [2.24, 2.45) is 11.7 Å². The quantitative estimate of drug-likeness (QED) is 0.856. The Kier molecular flexibility index (Phi) is 4.43. The van der Waals surface area contributed by atoms with Crippen molar-refractivity contribution in [3.8, 4) is 5.75 Å². The Morgan fingerprint density at radius 3 is 2.67 bits per heavy atom. The maximum Gasteiger partial charge on any atom is 0.125 e. The van der Waals surface area contributed by atoms with Crippen molar-refractivity contribution in [2.75, 3.05) is 7.11 Å². The summed E-state index contributed by atoms with van der Waals surface area (Å²) in [7, 11) is 1.64. The van der Waals surface area contributed by atoms with E-state index in [1.807, 2.05) is 12.1 Å². The average molecular weight is 228 g/mol. The van der Waals surface area contributed by atoms with Gasteiger partial charge in [-0.25, -0.2) is 0 Å². The number of methoxy groups -OCH3 is 1. The van der Waals surface area contributed by atoms with E-state index in [1.165, 1.54) is 0 Å². The highest BCUT2D eigenvalue weighted by molar-refractivity contribution is 6.30. The summed E-state index contributed by atoms with van der Waals surface area (Å²) in [5.74, 6) is 1.20. The van der Waals surface area contributed by atoms with Gasteiger partial charge < -0.3 is 10.5 Å². The Hall–Kier alpha value is -0.730. The smallest absolute Gasteiger partial charge is 0.125 e. The molecule has 1 aromatic carbocycles. The van der Waals surface area contributed by atoms with E-state index in [1.54, 1.807) is 13.2 Å². The Labute approximate surface area is 96.4 Å². The van der Waals surface area contributed by atoms with Crippen molar-refractivity contribution in [1.82, 2.24) is 0 Å². The Morgan fingerprint density at radius 1 is 1.47 bits per heavy atom. The molecule has 15 heavy (non-hydrogen) atoms. The molecule has 1 rings (SSSR count). The topological polar surface area (TPSA) is 35.2 Å². The summed E-state index contributed by atoms with van der Waals surface area (Å²) in [4.78, 5) is 0. The van der Waals surface area contributed by atoms with Crippen LogP contribution in [0.1, 0.15) is 31.9 Å². The predicted octanol–water partition coefficient (Wildman–Crippen LogP) is 3.39. The summed E-state index contributed by atoms with van der Waals surface area (Å²) in [5.41, 5.74) is 7.18. The van der Waals surface area contributed by atoms with Crippen molar-refractivity contribution in [1.29, 1.82) is 0 Å². The van der Waals surface area contributed by atoms with Crippen molar-refractivity contribution < 1.29 is 4.74 Å². The minimum absolute atomic E-state index is 0.00205. The fraction of sp³-hybridized carbons (Fsp3) is 0.500. The zero-order valence-corrected chi connectivity index (χ0v) is 10.2. The molecule has 0 amide bonds. The summed E-state index contributed by atoms with van der Waals surface area (Å²) in [6, 6.07) is 5.60. The first-order chi connectivity index (χ1) is 7.10. The van der Waals surface area contributed by atoms with E-state index in [4.69, 9.17) is 22.1 Å². The van der Waals surface area contributed by atoms with E-state index in [2.05, 4.69) is 13.8 Å². The lowest BCUT2D eigenvalue weighted by Crippen LogP contribution is -2.19. The Bertz CT molecular complexity index is 327. The summed E-state index contributed by atoms with van der Waals surface area (Å²) in [5, 5.41) is 0.673. The molecule has 0 saturated heterocycles. The number of hydrogen-bond acceptors (Lipinski definition) is 2. The molecule has 0 spiro atoms. The lowest BCUT2D eigenvalue weighted by atomic mass is 9.93. The summed E-state index contributed by atoms with van der Waals surface area (Å²) in [6.07, 6.45) is 1.05. The molecule has 0 aliphatic rings. The van der Waals surface area contributed by atoms with Gasteiger partial charge in [-0.2, -0.15) is 0 Å². The molecule has 0 aromatic heterocycles. The molecular weight excluding hydrogens is 210 g/mol. The largest absolute Gasteiger partial charge is 0.496 e.